The Hall–Kier alpha value is -2.14. The van der Waals surface area contributed by atoms with E-state index >= 15 is 0 Å². The van der Waals surface area contributed by atoms with Crippen molar-refractivity contribution < 1.29 is 14.3 Å². The van der Waals surface area contributed by atoms with E-state index in [-0.39, 0.29) is 5.91 Å². The molecule has 2 aromatic carbocycles. The summed E-state index contributed by atoms with van der Waals surface area (Å²) >= 11 is 1.72. The molecule has 0 aliphatic carbocycles. The molecule has 1 N–H and O–H groups in total. The van der Waals surface area contributed by atoms with Gasteiger partial charge in [-0.05, 0) is 55.0 Å². The van der Waals surface area contributed by atoms with Crippen molar-refractivity contribution in [1.29, 1.82) is 0 Å². The smallest absolute Gasteiger partial charge is 0.221 e. The predicted octanol–water partition coefficient (Wildman–Crippen LogP) is 4.60. The van der Waals surface area contributed by atoms with E-state index in [2.05, 4.69) is 12.2 Å². The van der Waals surface area contributed by atoms with Crippen molar-refractivity contribution in [2.75, 3.05) is 24.3 Å². The zero-order valence-electron chi connectivity index (χ0n) is 14.1. The van der Waals surface area contributed by atoms with Crippen molar-refractivity contribution in [2.45, 2.75) is 25.2 Å². The molecule has 0 saturated heterocycles. The van der Waals surface area contributed by atoms with Crippen molar-refractivity contribution in [2.24, 2.45) is 0 Å². The van der Waals surface area contributed by atoms with Crippen LogP contribution in [0.25, 0.3) is 0 Å². The number of ether oxygens (including phenoxy) is 2. The molecule has 0 aliphatic heterocycles. The second kappa shape index (κ2) is 9.88. The summed E-state index contributed by atoms with van der Waals surface area (Å²) in [5.74, 6) is 2.52. The average Bonchev–Trinajstić information content (AvgIpc) is 2.59. The van der Waals surface area contributed by atoms with E-state index < -0.39 is 0 Å². The SMILES string of the molecule is CCCOc1ccc(OCCSc2ccc(NC(C)=O)cc2)cc1. The highest BCUT2D eigenvalue weighted by atomic mass is 32.2. The van der Waals surface area contributed by atoms with E-state index in [9.17, 15) is 4.79 Å². The summed E-state index contributed by atoms with van der Waals surface area (Å²) in [6, 6.07) is 15.5. The van der Waals surface area contributed by atoms with Crippen LogP contribution >= 0.6 is 11.8 Å². The minimum Gasteiger partial charge on any atom is -0.494 e. The van der Waals surface area contributed by atoms with Crippen LogP contribution in [0.3, 0.4) is 0 Å². The first-order valence-corrected chi connectivity index (χ1v) is 9.02. The first-order valence-electron chi connectivity index (χ1n) is 8.03. The second-order valence-electron chi connectivity index (χ2n) is 5.22. The van der Waals surface area contributed by atoms with Crippen LogP contribution in [-0.2, 0) is 4.79 Å². The molecule has 0 atom stereocenters. The molecule has 0 bridgehead atoms. The number of anilines is 1. The van der Waals surface area contributed by atoms with Gasteiger partial charge in [-0.25, -0.2) is 0 Å². The summed E-state index contributed by atoms with van der Waals surface area (Å²) in [6.07, 6.45) is 1.00. The molecule has 5 heteroatoms. The summed E-state index contributed by atoms with van der Waals surface area (Å²) in [6.45, 7) is 4.95. The van der Waals surface area contributed by atoms with Gasteiger partial charge in [0.2, 0.25) is 5.91 Å². The van der Waals surface area contributed by atoms with Crippen molar-refractivity contribution in [3.05, 3.63) is 48.5 Å². The van der Waals surface area contributed by atoms with Crippen molar-refractivity contribution >= 4 is 23.4 Å². The molecular weight excluding hydrogens is 322 g/mol. The fourth-order valence-electron chi connectivity index (χ4n) is 2.01. The lowest BCUT2D eigenvalue weighted by atomic mass is 10.3. The van der Waals surface area contributed by atoms with E-state index in [0.29, 0.717) is 6.61 Å². The Morgan fingerprint density at radius 3 is 2.08 bits per heavy atom. The number of amides is 1. The summed E-state index contributed by atoms with van der Waals surface area (Å²) in [5.41, 5.74) is 0.813. The number of rotatable bonds is 9. The molecule has 0 radical (unpaired) electrons. The van der Waals surface area contributed by atoms with E-state index in [4.69, 9.17) is 9.47 Å². The minimum atomic E-state index is -0.0603. The molecule has 0 aliphatic rings. The molecule has 0 heterocycles. The molecule has 0 unspecified atom stereocenters. The van der Waals surface area contributed by atoms with Gasteiger partial charge in [0, 0.05) is 23.3 Å². The van der Waals surface area contributed by atoms with Crippen LogP contribution in [0, 0.1) is 0 Å². The number of nitrogens with one attached hydrogen (secondary N) is 1. The lowest BCUT2D eigenvalue weighted by Crippen LogP contribution is -2.05. The predicted molar refractivity (Wildman–Crippen MR) is 99.2 cm³/mol. The third-order valence-electron chi connectivity index (χ3n) is 3.09. The largest absolute Gasteiger partial charge is 0.494 e. The van der Waals surface area contributed by atoms with Crippen LogP contribution in [0.4, 0.5) is 5.69 Å². The lowest BCUT2D eigenvalue weighted by Gasteiger charge is -2.08. The zero-order chi connectivity index (χ0) is 17.2. The Balaban J connectivity index is 1.69. The molecular formula is C19H23NO3S. The second-order valence-corrected chi connectivity index (χ2v) is 6.39. The standard InChI is InChI=1S/C19H23NO3S/c1-3-12-22-17-6-8-18(9-7-17)23-13-14-24-19-10-4-16(5-11-19)20-15(2)21/h4-11H,3,12-14H2,1-2H3,(H,20,21). The van der Waals surface area contributed by atoms with Gasteiger partial charge < -0.3 is 14.8 Å². The fraction of sp³-hybridized carbons (Fsp3) is 0.316. The van der Waals surface area contributed by atoms with Crippen LogP contribution in [0.2, 0.25) is 0 Å². The van der Waals surface area contributed by atoms with Gasteiger partial charge in [0.1, 0.15) is 11.5 Å². The zero-order valence-corrected chi connectivity index (χ0v) is 14.9. The monoisotopic (exact) mass is 345 g/mol. The summed E-state index contributed by atoms with van der Waals surface area (Å²) < 4.78 is 11.3. The first-order chi connectivity index (χ1) is 11.7. The van der Waals surface area contributed by atoms with Gasteiger partial charge in [0.25, 0.3) is 0 Å². The number of carbonyl (C=O) groups is 1. The highest BCUT2D eigenvalue weighted by molar-refractivity contribution is 7.99. The number of carbonyl (C=O) groups excluding carboxylic acids is 1. The molecule has 2 aromatic rings. The highest BCUT2D eigenvalue weighted by Gasteiger charge is 1.99. The minimum absolute atomic E-state index is 0.0603. The average molecular weight is 345 g/mol. The normalized spacial score (nSPS) is 10.2. The summed E-state index contributed by atoms with van der Waals surface area (Å²) in [5, 5.41) is 2.75. The molecule has 0 fully saturated rings. The van der Waals surface area contributed by atoms with Gasteiger partial charge in [-0.1, -0.05) is 6.92 Å². The Kier molecular flexibility index (Phi) is 7.49. The number of hydrogen-bond donors (Lipinski definition) is 1. The number of benzene rings is 2. The van der Waals surface area contributed by atoms with Crippen LogP contribution < -0.4 is 14.8 Å². The molecule has 0 spiro atoms. The van der Waals surface area contributed by atoms with Crippen LogP contribution in [-0.4, -0.2) is 24.9 Å². The number of hydrogen-bond acceptors (Lipinski definition) is 4. The molecule has 4 nitrogen and oxygen atoms in total. The maximum absolute atomic E-state index is 11.0. The summed E-state index contributed by atoms with van der Waals surface area (Å²) in [7, 11) is 0. The maximum atomic E-state index is 11.0. The van der Waals surface area contributed by atoms with Crippen molar-refractivity contribution in [1.82, 2.24) is 0 Å². The van der Waals surface area contributed by atoms with Gasteiger partial charge in [0.15, 0.2) is 0 Å². The van der Waals surface area contributed by atoms with E-state index in [0.717, 1.165) is 40.9 Å². The fourth-order valence-corrected chi connectivity index (χ4v) is 2.74. The molecule has 1 amide bonds. The Morgan fingerprint density at radius 1 is 0.958 bits per heavy atom. The summed E-state index contributed by atoms with van der Waals surface area (Å²) in [4.78, 5) is 12.1. The van der Waals surface area contributed by atoms with E-state index in [1.807, 2.05) is 48.5 Å². The first kappa shape index (κ1) is 18.2. The Labute approximate surface area is 147 Å². The van der Waals surface area contributed by atoms with Crippen LogP contribution in [0.15, 0.2) is 53.4 Å². The highest BCUT2D eigenvalue weighted by Crippen LogP contribution is 2.21. The van der Waals surface area contributed by atoms with E-state index in [1.165, 1.54) is 6.92 Å². The van der Waals surface area contributed by atoms with Gasteiger partial charge in [-0.15, -0.1) is 11.8 Å². The molecule has 2 rings (SSSR count). The van der Waals surface area contributed by atoms with Crippen molar-refractivity contribution in [3.63, 3.8) is 0 Å². The van der Waals surface area contributed by atoms with Crippen LogP contribution in [0.5, 0.6) is 11.5 Å². The van der Waals surface area contributed by atoms with Gasteiger partial charge in [-0.2, -0.15) is 0 Å². The quantitative estimate of drug-likeness (QED) is 0.533. The maximum Gasteiger partial charge on any atom is 0.221 e. The molecule has 24 heavy (non-hydrogen) atoms. The molecule has 0 saturated carbocycles. The molecule has 0 aromatic heterocycles. The van der Waals surface area contributed by atoms with Crippen molar-refractivity contribution in [3.8, 4) is 11.5 Å². The van der Waals surface area contributed by atoms with E-state index in [1.54, 1.807) is 11.8 Å². The topological polar surface area (TPSA) is 47.6 Å². The van der Waals surface area contributed by atoms with Crippen LogP contribution in [0.1, 0.15) is 20.3 Å². The van der Waals surface area contributed by atoms with Gasteiger partial charge in [-0.3, -0.25) is 4.79 Å². The Morgan fingerprint density at radius 2 is 1.54 bits per heavy atom. The molecule has 128 valence electrons. The van der Waals surface area contributed by atoms with Gasteiger partial charge >= 0.3 is 0 Å². The Bertz CT molecular complexity index is 626. The number of thioether (sulfide) groups is 1. The third kappa shape index (κ3) is 6.54. The van der Waals surface area contributed by atoms with Gasteiger partial charge in [0.05, 0.1) is 13.2 Å². The third-order valence-corrected chi connectivity index (χ3v) is 4.07. The lowest BCUT2D eigenvalue weighted by molar-refractivity contribution is -0.114.